The van der Waals surface area contributed by atoms with Crippen LogP contribution in [0, 0.1) is 5.41 Å². The predicted octanol–water partition coefficient (Wildman–Crippen LogP) is 1.69. The number of carboxylic acids is 1. The molecule has 6 nitrogen and oxygen atoms in total. The van der Waals surface area contributed by atoms with Gasteiger partial charge in [-0.3, -0.25) is 9.59 Å². The zero-order valence-electron chi connectivity index (χ0n) is 10.6. The molecule has 19 heavy (non-hydrogen) atoms. The van der Waals surface area contributed by atoms with Gasteiger partial charge in [-0.25, -0.2) is 0 Å². The summed E-state index contributed by atoms with van der Waals surface area (Å²) in [6.07, 6.45) is 6.45. The molecule has 104 valence electrons. The lowest BCUT2D eigenvalue weighted by Gasteiger charge is -2.36. The Morgan fingerprint density at radius 3 is 2.68 bits per heavy atom. The van der Waals surface area contributed by atoms with Crippen LogP contribution in [0.2, 0.25) is 0 Å². The summed E-state index contributed by atoms with van der Waals surface area (Å²) in [7, 11) is 0. The van der Waals surface area contributed by atoms with Gasteiger partial charge in [-0.05, 0) is 18.3 Å². The fraction of sp³-hybridized carbons (Fsp3) is 0.667. The number of nitrogens with one attached hydrogen (secondary N) is 1. The molecule has 7 heteroatoms. The second-order valence-corrected chi connectivity index (χ2v) is 5.66. The van der Waals surface area contributed by atoms with Gasteiger partial charge in [0, 0.05) is 6.54 Å². The number of hydrogen-bond acceptors (Lipinski definition) is 5. The van der Waals surface area contributed by atoms with E-state index < -0.39 is 5.97 Å². The summed E-state index contributed by atoms with van der Waals surface area (Å²) in [4.78, 5) is 22.8. The summed E-state index contributed by atoms with van der Waals surface area (Å²) >= 11 is 0.984. The molecule has 2 rings (SSSR count). The Labute approximate surface area is 115 Å². The van der Waals surface area contributed by atoms with Crippen molar-refractivity contribution in [3.05, 3.63) is 11.9 Å². The van der Waals surface area contributed by atoms with Crippen LogP contribution in [0.15, 0.2) is 6.20 Å². The Balaban J connectivity index is 1.96. The summed E-state index contributed by atoms with van der Waals surface area (Å²) in [5.41, 5.74) is -0.00490. The maximum absolute atomic E-state index is 11.8. The van der Waals surface area contributed by atoms with Gasteiger partial charge in [0.05, 0.1) is 24.3 Å². The van der Waals surface area contributed by atoms with Crippen molar-refractivity contribution in [2.45, 2.75) is 38.5 Å². The van der Waals surface area contributed by atoms with Crippen molar-refractivity contribution in [1.82, 2.24) is 14.1 Å². The minimum absolute atomic E-state index is 0.114. The summed E-state index contributed by atoms with van der Waals surface area (Å²) in [5, 5.41) is 11.8. The number of nitrogens with zero attached hydrogens (tertiary/aromatic N) is 2. The van der Waals surface area contributed by atoms with Gasteiger partial charge in [0.2, 0.25) is 0 Å². The zero-order valence-corrected chi connectivity index (χ0v) is 11.4. The molecule has 2 N–H and O–H groups in total. The molecule has 0 bridgehead atoms. The van der Waals surface area contributed by atoms with E-state index in [0.717, 1.165) is 43.8 Å². The van der Waals surface area contributed by atoms with E-state index in [1.807, 2.05) is 0 Å². The normalized spacial score (nSPS) is 17.9. The highest BCUT2D eigenvalue weighted by atomic mass is 32.1. The number of hydrogen-bond donors (Lipinski definition) is 2. The van der Waals surface area contributed by atoms with Gasteiger partial charge in [-0.1, -0.05) is 19.3 Å². The van der Waals surface area contributed by atoms with Crippen molar-refractivity contribution in [2.75, 3.05) is 6.54 Å². The molecule has 0 spiro atoms. The van der Waals surface area contributed by atoms with E-state index in [1.54, 1.807) is 0 Å². The van der Waals surface area contributed by atoms with Gasteiger partial charge in [-0.15, -0.1) is 0 Å². The fourth-order valence-corrected chi connectivity index (χ4v) is 3.07. The second-order valence-electron chi connectivity index (χ2n) is 5.11. The van der Waals surface area contributed by atoms with Gasteiger partial charge < -0.3 is 10.4 Å². The van der Waals surface area contributed by atoms with Gasteiger partial charge in [0.25, 0.3) is 5.91 Å². The smallest absolute Gasteiger partial charge is 0.303 e. The Hall–Kier alpha value is -1.50. The van der Waals surface area contributed by atoms with Gasteiger partial charge in [0.15, 0.2) is 5.69 Å². The number of aromatic nitrogens is 2. The van der Waals surface area contributed by atoms with Gasteiger partial charge >= 0.3 is 5.97 Å². The highest BCUT2D eigenvalue weighted by Gasteiger charge is 2.34. The molecule has 1 fully saturated rings. The third-order valence-corrected chi connectivity index (χ3v) is 4.14. The standard InChI is InChI=1S/C12H17N3O3S/c16-10(17)6-12(4-2-1-3-5-12)8-13-11(18)9-7-14-19-15-9/h7H,1-6,8H2,(H,13,18)(H,16,17). The minimum Gasteiger partial charge on any atom is -0.481 e. The third-order valence-electron chi connectivity index (χ3n) is 3.66. The average Bonchev–Trinajstić information content (AvgIpc) is 2.90. The van der Waals surface area contributed by atoms with Crippen LogP contribution >= 0.6 is 11.7 Å². The van der Waals surface area contributed by atoms with E-state index in [-0.39, 0.29) is 17.7 Å². The molecular weight excluding hydrogens is 266 g/mol. The quantitative estimate of drug-likeness (QED) is 0.858. The highest BCUT2D eigenvalue weighted by molar-refractivity contribution is 6.99. The van der Waals surface area contributed by atoms with E-state index in [2.05, 4.69) is 14.1 Å². The summed E-state index contributed by atoms with van der Waals surface area (Å²) in [6.45, 7) is 0.398. The molecule has 1 heterocycles. The molecule has 1 aliphatic rings. The van der Waals surface area contributed by atoms with Crippen LogP contribution < -0.4 is 5.32 Å². The van der Waals surface area contributed by atoms with E-state index in [1.165, 1.54) is 6.20 Å². The van der Waals surface area contributed by atoms with Crippen LogP contribution in [0.4, 0.5) is 0 Å². The Bertz CT molecular complexity index is 441. The predicted molar refractivity (Wildman–Crippen MR) is 70.0 cm³/mol. The first kappa shape index (κ1) is 13.9. The molecule has 0 radical (unpaired) electrons. The molecule has 1 aliphatic carbocycles. The molecule has 0 aromatic carbocycles. The number of carbonyl (C=O) groups is 2. The van der Waals surface area contributed by atoms with Crippen molar-refractivity contribution in [2.24, 2.45) is 5.41 Å². The van der Waals surface area contributed by atoms with Gasteiger partial charge in [-0.2, -0.15) is 8.75 Å². The lowest BCUT2D eigenvalue weighted by molar-refractivity contribution is -0.140. The number of amides is 1. The molecule has 1 aromatic heterocycles. The first-order valence-electron chi connectivity index (χ1n) is 6.39. The lowest BCUT2D eigenvalue weighted by atomic mass is 9.71. The first-order chi connectivity index (χ1) is 9.11. The van der Waals surface area contributed by atoms with Crippen LogP contribution in [-0.4, -0.2) is 32.3 Å². The number of rotatable bonds is 5. The molecule has 0 unspecified atom stereocenters. The zero-order chi connectivity index (χ0) is 13.7. The fourth-order valence-electron chi connectivity index (χ4n) is 2.66. The van der Waals surface area contributed by atoms with Crippen molar-refractivity contribution in [3.63, 3.8) is 0 Å². The maximum Gasteiger partial charge on any atom is 0.303 e. The molecule has 1 amide bonds. The third kappa shape index (κ3) is 3.73. The highest BCUT2D eigenvalue weighted by Crippen LogP contribution is 2.38. The molecular formula is C12H17N3O3S. The summed E-state index contributed by atoms with van der Waals surface area (Å²) in [6, 6.07) is 0. The largest absolute Gasteiger partial charge is 0.481 e. The van der Waals surface area contributed by atoms with Crippen LogP contribution in [0.25, 0.3) is 0 Å². The van der Waals surface area contributed by atoms with Gasteiger partial charge in [0.1, 0.15) is 0 Å². The van der Waals surface area contributed by atoms with E-state index in [0.29, 0.717) is 12.2 Å². The second kappa shape index (κ2) is 6.10. The Kier molecular flexibility index (Phi) is 4.47. The molecule has 0 aliphatic heterocycles. The molecule has 0 atom stereocenters. The first-order valence-corrected chi connectivity index (χ1v) is 7.12. The monoisotopic (exact) mass is 283 g/mol. The lowest BCUT2D eigenvalue weighted by Crippen LogP contribution is -2.40. The van der Waals surface area contributed by atoms with E-state index in [9.17, 15) is 9.59 Å². The average molecular weight is 283 g/mol. The molecule has 0 saturated heterocycles. The number of carboxylic acid groups (broad SMARTS) is 1. The topological polar surface area (TPSA) is 92.2 Å². The van der Waals surface area contributed by atoms with E-state index in [4.69, 9.17) is 5.11 Å². The van der Waals surface area contributed by atoms with Crippen LogP contribution in [0.5, 0.6) is 0 Å². The van der Waals surface area contributed by atoms with Crippen molar-refractivity contribution < 1.29 is 14.7 Å². The Morgan fingerprint density at radius 2 is 2.11 bits per heavy atom. The van der Waals surface area contributed by atoms with Crippen molar-refractivity contribution >= 4 is 23.6 Å². The van der Waals surface area contributed by atoms with Crippen molar-refractivity contribution in [3.8, 4) is 0 Å². The van der Waals surface area contributed by atoms with E-state index >= 15 is 0 Å². The summed E-state index contributed by atoms with van der Waals surface area (Å²) < 4.78 is 7.65. The minimum atomic E-state index is -0.800. The van der Waals surface area contributed by atoms with Crippen molar-refractivity contribution in [1.29, 1.82) is 0 Å². The number of aliphatic carboxylic acids is 1. The molecule has 1 saturated carbocycles. The molecule has 1 aromatic rings. The van der Waals surface area contributed by atoms with Crippen LogP contribution in [0.1, 0.15) is 49.0 Å². The Morgan fingerprint density at radius 1 is 1.37 bits per heavy atom. The maximum atomic E-state index is 11.8. The van der Waals surface area contributed by atoms with Crippen LogP contribution in [-0.2, 0) is 4.79 Å². The SMILES string of the molecule is O=C(O)CC1(CNC(=O)c2cnsn2)CCCCC1. The summed E-state index contributed by atoms with van der Waals surface area (Å²) in [5.74, 6) is -1.07. The number of carbonyl (C=O) groups excluding carboxylic acids is 1. The van der Waals surface area contributed by atoms with Crippen LogP contribution in [0.3, 0.4) is 0 Å².